The molecule has 0 atom stereocenters. The summed E-state index contributed by atoms with van der Waals surface area (Å²) in [5, 5.41) is 10.2. The Kier molecular flexibility index (Phi) is 8.77. The quantitative estimate of drug-likeness (QED) is 0.253. The fourth-order valence-corrected chi connectivity index (χ4v) is 4.71. The van der Waals surface area contributed by atoms with Crippen LogP contribution < -0.4 is 19.5 Å². The highest BCUT2D eigenvalue weighted by atomic mass is 32.2. The molecule has 0 aliphatic heterocycles. The number of aryl methyl sites for hydroxylation is 2. The number of carbonyl (C=O) groups excluding carboxylic acids is 1. The maximum Gasteiger partial charge on any atom is 0.261 e. The fraction of sp³-hybridized carbons (Fsp3) is 0.318. The lowest BCUT2D eigenvalue weighted by Gasteiger charge is -2.12. The number of sulfonamides is 1. The minimum absolute atomic E-state index is 0.0925. The highest BCUT2D eigenvalue weighted by Gasteiger charge is 2.16. The molecule has 0 radical (unpaired) electrons. The summed E-state index contributed by atoms with van der Waals surface area (Å²) in [6, 6.07) is 11.1. The molecule has 3 rings (SSSR count). The molecule has 182 valence electrons. The molecule has 10 nitrogen and oxygen atoms in total. The van der Waals surface area contributed by atoms with Gasteiger partial charge in [-0.25, -0.2) is 13.4 Å². The summed E-state index contributed by atoms with van der Waals surface area (Å²) in [7, 11) is -3.79. The van der Waals surface area contributed by atoms with Crippen molar-refractivity contribution < 1.29 is 22.7 Å². The summed E-state index contributed by atoms with van der Waals surface area (Å²) >= 11 is 1.43. The number of rotatable bonds is 12. The molecule has 12 heteroatoms. The van der Waals surface area contributed by atoms with Crippen molar-refractivity contribution in [3.05, 3.63) is 53.9 Å². The third kappa shape index (κ3) is 7.39. The van der Waals surface area contributed by atoms with Crippen molar-refractivity contribution in [2.24, 2.45) is 0 Å². The van der Waals surface area contributed by atoms with Crippen molar-refractivity contribution in [3.63, 3.8) is 0 Å². The molecular weight excluding hydrogens is 478 g/mol. The molecule has 34 heavy (non-hydrogen) atoms. The molecular formula is C22H27N5O5S2. The third-order valence-corrected chi connectivity index (χ3v) is 6.69. The van der Waals surface area contributed by atoms with E-state index < -0.39 is 10.0 Å². The van der Waals surface area contributed by atoms with Crippen LogP contribution >= 0.6 is 11.8 Å². The Morgan fingerprint density at radius 2 is 1.88 bits per heavy atom. The maximum absolute atomic E-state index is 12.7. The number of ether oxygens (including phenoxy) is 2. The number of hydrogen-bond acceptors (Lipinski definition) is 8. The number of benzene rings is 2. The monoisotopic (exact) mass is 505 g/mol. The topological polar surface area (TPSA) is 135 Å². The summed E-state index contributed by atoms with van der Waals surface area (Å²) in [5.41, 5.74) is 1.02. The first-order valence-corrected chi connectivity index (χ1v) is 13.0. The number of H-pyrrole nitrogens is 1. The van der Waals surface area contributed by atoms with Crippen LogP contribution in [-0.4, -0.2) is 55.0 Å². The SMILES string of the molecule is CCOc1ccc(NS(=O)(=O)c2ccc(OCC(=O)NCCSc3n[nH]c(C)n3)c(C)c2)cc1. The first-order chi connectivity index (χ1) is 16.3. The number of aromatic amines is 1. The van der Waals surface area contributed by atoms with Crippen molar-refractivity contribution in [2.75, 3.05) is 30.2 Å². The van der Waals surface area contributed by atoms with E-state index in [2.05, 4.69) is 25.2 Å². The molecule has 0 saturated carbocycles. The van der Waals surface area contributed by atoms with Gasteiger partial charge in [-0.05, 0) is 68.8 Å². The highest BCUT2D eigenvalue weighted by molar-refractivity contribution is 7.99. The number of hydrogen-bond donors (Lipinski definition) is 3. The van der Waals surface area contributed by atoms with E-state index in [-0.39, 0.29) is 17.4 Å². The van der Waals surface area contributed by atoms with Crippen LogP contribution in [0, 0.1) is 13.8 Å². The predicted octanol–water partition coefficient (Wildman–Crippen LogP) is 2.91. The van der Waals surface area contributed by atoms with Crippen molar-refractivity contribution in [1.82, 2.24) is 20.5 Å². The average Bonchev–Trinajstić information content (AvgIpc) is 3.22. The second-order valence-corrected chi connectivity index (χ2v) is 9.93. The lowest BCUT2D eigenvalue weighted by atomic mass is 10.2. The van der Waals surface area contributed by atoms with E-state index in [4.69, 9.17) is 9.47 Å². The number of carbonyl (C=O) groups is 1. The number of nitrogens with one attached hydrogen (secondary N) is 3. The van der Waals surface area contributed by atoms with Crippen LogP contribution in [0.4, 0.5) is 5.69 Å². The predicted molar refractivity (Wildman–Crippen MR) is 130 cm³/mol. The number of thioether (sulfide) groups is 1. The summed E-state index contributed by atoms with van der Waals surface area (Å²) in [6.45, 7) is 6.20. The summed E-state index contributed by atoms with van der Waals surface area (Å²) in [6.07, 6.45) is 0. The van der Waals surface area contributed by atoms with Crippen LogP contribution in [0.2, 0.25) is 0 Å². The summed E-state index contributed by atoms with van der Waals surface area (Å²) < 4.78 is 38.9. The first-order valence-electron chi connectivity index (χ1n) is 10.5. The van der Waals surface area contributed by atoms with E-state index in [0.29, 0.717) is 46.8 Å². The van der Waals surface area contributed by atoms with Crippen molar-refractivity contribution in [3.8, 4) is 11.5 Å². The van der Waals surface area contributed by atoms with Gasteiger partial charge in [0.05, 0.1) is 11.5 Å². The molecule has 3 N–H and O–H groups in total. The van der Waals surface area contributed by atoms with E-state index in [1.54, 1.807) is 31.2 Å². The van der Waals surface area contributed by atoms with Gasteiger partial charge >= 0.3 is 0 Å². The summed E-state index contributed by atoms with van der Waals surface area (Å²) in [5.74, 6) is 2.17. The zero-order chi connectivity index (χ0) is 24.6. The van der Waals surface area contributed by atoms with Crippen LogP contribution in [0.15, 0.2) is 52.5 Å². The Labute approximate surface area is 202 Å². The van der Waals surface area contributed by atoms with Crippen LogP contribution in [0.1, 0.15) is 18.3 Å². The van der Waals surface area contributed by atoms with Gasteiger partial charge in [-0.2, -0.15) is 0 Å². The second-order valence-electron chi connectivity index (χ2n) is 7.18. The molecule has 3 aromatic rings. The van der Waals surface area contributed by atoms with Crippen LogP contribution in [-0.2, 0) is 14.8 Å². The van der Waals surface area contributed by atoms with Crippen molar-refractivity contribution >= 4 is 33.4 Å². The molecule has 1 amide bonds. The minimum Gasteiger partial charge on any atom is -0.494 e. The van der Waals surface area contributed by atoms with Gasteiger partial charge in [-0.3, -0.25) is 14.6 Å². The Bertz CT molecular complexity index is 1210. The van der Waals surface area contributed by atoms with Crippen molar-refractivity contribution in [1.29, 1.82) is 0 Å². The van der Waals surface area contributed by atoms with Gasteiger partial charge in [0, 0.05) is 18.0 Å². The molecule has 0 aliphatic rings. The number of aromatic nitrogens is 3. The smallest absolute Gasteiger partial charge is 0.261 e. The van der Waals surface area contributed by atoms with E-state index in [0.717, 1.165) is 5.82 Å². The Balaban J connectivity index is 1.49. The maximum atomic E-state index is 12.7. The molecule has 0 fully saturated rings. The summed E-state index contributed by atoms with van der Waals surface area (Å²) in [4.78, 5) is 16.3. The minimum atomic E-state index is -3.79. The highest BCUT2D eigenvalue weighted by Crippen LogP contribution is 2.24. The lowest BCUT2D eigenvalue weighted by Crippen LogP contribution is -2.30. The lowest BCUT2D eigenvalue weighted by molar-refractivity contribution is -0.122. The van der Waals surface area contributed by atoms with Gasteiger partial charge in [-0.15, -0.1) is 5.10 Å². The Hall–Kier alpha value is -3.25. The van der Waals surface area contributed by atoms with Crippen LogP contribution in [0.3, 0.4) is 0 Å². The third-order valence-electron chi connectivity index (χ3n) is 4.47. The largest absolute Gasteiger partial charge is 0.494 e. The zero-order valence-electron chi connectivity index (χ0n) is 19.1. The van der Waals surface area contributed by atoms with E-state index >= 15 is 0 Å². The molecule has 1 aromatic heterocycles. The molecule has 0 unspecified atom stereocenters. The fourth-order valence-electron chi connectivity index (χ4n) is 2.86. The van der Waals surface area contributed by atoms with Crippen LogP contribution in [0.5, 0.6) is 11.5 Å². The average molecular weight is 506 g/mol. The molecule has 0 aliphatic carbocycles. The van der Waals surface area contributed by atoms with Gasteiger partial charge in [0.1, 0.15) is 17.3 Å². The molecule has 0 saturated heterocycles. The van der Waals surface area contributed by atoms with E-state index in [9.17, 15) is 13.2 Å². The molecule has 2 aromatic carbocycles. The van der Waals surface area contributed by atoms with Gasteiger partial charge < -0.3 is 14.8 Å². The number of nitrogens with zero attached hydrogens (tertiary/aromatic N) is 2. The zero-order valence-corrected chi connectivity index (χ0v) is 20.8. The molecule has 1 heterocycles. The first kappa shape index (κ1) is 25.4. The Morgan fingerprint density at radius 3 is 2.53 bits per heavy atom. The van der Waals surface area contributed by atoms with E-state index in [1.807, 2.05) is 13.8 Å². The second kappa shape index (κ2) is 11.7. The van der Waals surface area contributed by atoms with Gasteiger partial charge in [-0.1, -0.05) is 11.8 Å². The Morgan fingerprint density at radius 1 is 1.12 bits per heavy atom. The van der Waals surface area contributed by atoms with Gasteiger partial charge in [0.15, 0.2) is 6.61 Å². The number of anilines is 1. The normalized spacial score (nSPS) is 11.1. The molecule has 0 spiro atoms. The van der Waals surface area contributed by atoms with Crippen molar-refractivity contribution in [2.45, 2.75) is 30.8 Å². The standard InChI is InChI=1S/C22H27N5O5S2/c1-4-31-18-7-5-17(6-8-18)27-34(29,30)19-9-10-20(15(2)13-19)32-14-21(28)23-11-12-33-22-24-16(3)25-26-22/h5-10,13,27H,4,11-12,14H2,1-3H3,(H,23,28)(H,24,25,26). The number of amides is 1. The van der Waals surface area contributed by atoms with Gasteiger partial charge in [0.2, 0.25) is 5.16 Å². The van der Waals surface area contributed by atoms with Crippen LogP contribution in [0.25, 0.3) is 0 Å². The van der Waals surface area contributed by atoms with Gasteiger partial charge in [0.25, 0.3) is 15.9 Å². The molecule has 0 bridgehead atoms. The van der Waals surface area contributed by atoms with E-state index in [1.165, 1.54) is 30.0 Å².